The summed E-state index contributed by atoms with van der Waals surface area (Å²) in [5.41, 5.74) is 0.0706. The van der Waals surface area contributed by atoms with E-state index in [1.807, 2.05) is 0 Å². The molecule has 0 aromatic carbocycles. The molecule has 0 aliphatic carbocycles. The Morgan fingerprint density at radius 3 is 2.77 bits per heavy atom. The van der Waals surface area contributed by atoms with Crippen LogP contribution in [-0.4, -0.2) is 59.3 Å². The zero-order valence-corrected chi connectivity index (χ0v) is 13.3. The molecule has 1 aromatic rings. The van der Waals surface area contributed by atoms with Gasteiger partial charge in [-0.3, -0.25) is 4.90 Å². The monoisotopic (exact) mass is 307 g/mol. The van der Waals surface area contributed by atoms with Crippen LogP contribution in [0.2, 0.25) is 0 Å². The number of aromatic carboxylic acids is 1. The molecule has 1 aromatic heterocycles. The molecule has 2 heterocycles. The first kappa shape index (κ1) is 16.7. The number of nitrogens with zero attached hydrogens (tertiary/aromatic N) is 2. The van der Waals surface area contributed by atoms with E-state index >= 15 is 0 Å². The SMILES string of the molecule is CC1CN(CCCCNc2cccc(C(=O)O)n2)CC(C)O1. The van der Waals surface area contributed by atoms with Gasteiger partial charge in [-0.1, -0.05) is 6.07 Å². The van der Waals surface area contributed by atoms with Gasteiger partial charge in [0.15, 0.2) is 5.69 Å². The average Bonchev–Trinajstić information content (AvgIpc) is 2.46. The minimum absolute atomic E-state index is 0.0706. The maximum Gasteiger partial charge on any atom is 0.354 e. The van der Waals surface area contributed by atoms with E-state index in [2.05, 4.69) is 29.0 Å². The summed E-state index contributed by atoms with van der Waals surface area (Å²) in [6.45, 7) is 8.10. The number of hydrogen-bond acceptors (Lipinski definition) is 5. The lowest BCUT2D eigenvalue weighted by atomic mass is 10.2. The molecule has 2 unspecified atom stereocenters. The van der Waals surface area contributed by atoms with E-state index in [1.165, 1.54) is 6.07 Å². The molecule has 0 radical (unpaired) electrons. The van der Waals surface area contributed by atoms with Crippen molar-refractivity contribution in [2.24, 2.45) is 0 Å². The minimum Gasteiger partial charge on any atom is -0.477 e. The fourth-order valence-corrected chi connectivity index (χ4v) is 2.80. The lowest BCUT2D eigenvalue weighted by Crippen LogP contribution is -2.45. The van der Waals surface area contributed by atoms with Crippen LogP contribution in [0.15, 0.2) is 18.2 Å². The molecule has 1 saturated heterocycles. The molecular formula is C16H25N3O3. The van der Waals surface area contributed by atoms with Crippen LogP contribution in [0.4, 0.5) is 5.82 Å². The van der Waals surface area contributed by atoms with Crippen LogP contribution in [0.1, 0.15) is 37.2 Å². The van der Waals surface area contributed by atoms with Crippen LogP contribution in [0.5, 0.6) is 0 Å². The van der Waals surface area contributed by atoms with Gasteiger partial charge < -0.3 is 15.2 Å². The molecule has 22 heavy (non-hydrogen) atoms. The van der Waals surface area contributed by atoms with Gasteiger partial charge in [-0.05, 0) is 45.4 Å². The van der Waals surface area contributed by atoms with E-state index in [-0.39, 0.29) is 5.69 Å². The molecule has 1 fully saturated rings. The number of nitrogens with one attached hydrogen (secondary N) is 1. The molecule has 0 amide bonds. The molecule has 0 spiro atoms. The Kier molecular flexibility index (Phi) is 6.15. The van der Waals surface area contributed by atoms with Crippen molar-refractivity contribution in [3.8, 4) is 0 Å². The molecular weight excluding hydrogens is 282 g/mol. The summed E-state index contributed by atoms with van der Waals surface area (Å²) in [5, 5.41) is 12.1. The van der Waals surface area contributed by atoms with E-state index in [4.69, 9.17) is 9.84 Å². The van der Waals surface area contributed by atoms with Crippen molar-refractivity contribution in [2.75, 3.05) is 31.5 Å². The molecule has 6 heteroatoms. The molecule has 2 N–H and O–H groups in total. The van der Waals surface area contributed by atoms with Crippen molar-refractivity contribution in [3.63, 3.8) is 0 Å². The number of hydrogen-bond donors (Lipinski definition) is 2. The number of aromatic nitrogens is 1. The first-order chi connectivity index (χ1) is 10.5. The predicted octanol–water partition coefficient (Wildman–Crippen LogP) is 2.08. The Hall–Kier alpha value is -1.66. The first-order valence-corrected chi connectivity index (χ1v) is 7.86. The number of ether oxygens (including phenoxy) is 1. The van der Waals surface area contributed by atoms with Crippen LogP contribution in [-0.2, 0) is 4.74 Å². The third-order valence-electron chi connectivity index (χ3n) is 3.67. The van der Waals surface area contributed by atoms with Gasteiger partial charge in [-0.2, -0.15) is 0 Å². The number of carboxylic acid groups (broad SMARTS) is 1. The lowest BCUT2D eigenvalue weighted by molar-refractivity contribution is -0.0681. The second-order valence-electron chi connectivity index (χ2n) is 5.86. The first-order valence-electron chi connectivity index (χ1n) is 7.86. The van der Waals surface area contributed by atoms with Gasteiger partial charge >= 0.3 is 5.97 Å². The number of rotatable bonds is 7. The predicted molar refractivity (Wildman–Crippen MR) is 85.4 cm³/mol. The van der Waals surface area contributed by atoms with Gasteiger partial charge in [0.1, 0.15) is 5.82 Å². The van der Waals surface area contributed by atoms with E-state index in [9.17, 15) is 4.79 Å². The van der Waals surface area contributed by atoms with Crippen LogP contribution in [0.25, 0.3) is 0 Å². The van der Waals surface area contributed by atoms with Crippen molar-refractivity contribution in [1.82, 2.24) is 9.88 Å². The summed E-state index contributed by atoms with van der Waals surface area (Å²) in [7, 11) is 0. The molecule has 122 valence electrons. The topological polar surface area (TPSA) is 74.7 Å². The molecule has 0 saturated carbocycles. The lowest BCUT2D eigenvalue weighted by Gasteiger charge is -2.35. The fourth-order valence-electron chi connectivity index (χ4n) is 2.80. The highest BCUT2D eigenvalue weighted by atomic mass is 16.5. The van der Waals surface area contributed by atoms with Crippen LogP contribution in [0, 0.1) is 0 Å². The molecule has 0 bridgehead atoms. The highest BCUT2D eigenvalue weighted by Crippen LogP contribution is 2.11. The van der Waals surface area contributed by atoms with Gasteiger partial charge in [0.05, 0.1) is 12.2 Å². The summed E-state index contributed by atoms with van der Waals surface area (Å²) in [6.07, 6.45) is 2.75. The highest BCUT2D eigenvalue weighted by Gasteiger charge is 2.21. The summed E-state index contributed by atoms with van der Waals surface area (Å²) in [4.78, 5) is 17.3. The Bertz CT molecular complexity index is 485. The summed E-state index contributed by atoms with van der Waals surface area (Å²) in [5.74, 6) is -0.382. The molecule has 1 aliphatic rings. The maximum absolute atomic E-state index is 10.9. The average molecular weight is 307 g/mol. The summed E-state index contributed by atoms with van der Waals surface area (Å²) >= 11 is 0. The number of unbranched alkanes of at least 4 members (excludes halogenated alkanes) is 1. The number of anilines is 1. The van der Waals surface area contributed by atoms with Crippen LogP contribution >= 0.6 is 0 Å². The molecule has 1 aliphatic heterocycles. The largest absolute Gasteiger partial charge is 0.477 e. The number of carbonyl (C=O) groups is 1. The third kappa shape index (κ3) is 5.27. The second-order valence-corrected chi connectivity index (χ2v) is 5.86. The summed E-state index contributed by atoms with van der Waals surface area (Å²) in [6, 6.07) is 4.99. The Balaban J connectivity index is 1.65. The van der Waals surface area contributed by atoms with Crippen LogP contribution in [0.3, 0.4) is 0 Å². The van der Waals surface area contributed by atoms with E-state index < -0.39 is 5.97 Å². The highest BCUT2D eigenvalue weighted by molar-refractivity contribution is 5.85. The Labute approximate surface area is 131 Å². The van der Waals surface area contributed by atoms with Crippen molar-refractivity contribution < 1.29 is 14.6 Å². The molecule has 2 atom stereocenters. The van der Waals surface area contributed by atoms with E-state index in [1.54, 1.807) is 12.1 Å². The van der Waals surface area contributed by atoms with Crippen molar-refractivity contribution in [1.29, 1.82) is 0 Å². The standard InChI is InChI=1S/C16H25N3O3/c1-12-10-19(11-13(2)22-12)9-4-3-8-17-15-7-5-6-14(18-15)16(20)21/h5-7,12-13H,3-4,8-11H2,1-2H3,(H,17,18)(H,20,21). The quantitative estimate of drug-likeness (QED) is 0.751. The van der Waals surface area contributed by atoms with Gasteiger partial charge in [0, 0.05) is 19.6 Å². The third-order valence-corrected chi connectivity index (χ3v) is 3.67. The molecule has 2 rings (SSSR count). The van der Waals surface area contributed by atoms with Crippen LogP contribution < -0.4 is 5.32 Å². The zero-order valence-electron chi connectivity index (χ0n) is 13.3. The Morgan fingerprint density at radius 2 is 2.09 bits per heavy atom. The van der Waals surface area contributed by atoms with Crippen molar-refractivity contribution in [3.05, 3.63) is 23.9 Å². The number of pyridine rings is 1. The zero-order chi connectivity index (χ0) is 15.9. The Morgan fingerprint density at radius 1 is 1.36 bits per heavy atom. The van der Waals surface area contributed by atoms with Gasteiger partial charge in [-0.25, -0.2) is 9.78 Å². The fraction of sp³-hybridized carbons (Fsp3) is 0.625. The van der Waals surface area contributed by atoms with Gasteiger partial charge in [0.25, 0.3) is 0 Å². The van der Waals surface area contributed by atoms with Crippen molar-refractivity contribution >= 4 is 11.8 Å². The second kappa shape index (κ2) is 8.10. The van der Waals surface area contributed by atoms with E-state index in [0.29, 0.717) is 18.0 Å². The normalized spacial score (nSPS) is 22.5. The van der Waals surface area contributed by atoms with E-state index in [0.717, 1.165) is 39.0 Å². The van der Waals surface area contributed by atoms with Crippen molar-refractivity contribution in [2.45, 2.75) is 38.9 Å². The molecule has 6 nitrogen and oxygen atoms in total. The maximum atomic E-state index is 10.9. The number of morpholine rings is 1. The van der Waals surface area contributed by atoms with Gasteiger partial charge in [0.2, 0.25) is 0 Å². The van der Waals surface area contributed by atoms with Gasteiger partial charge in [-0.15, -0.1) is 0 Å². The minimum atomic E-state index is -1.00. The number of carboxylic acids is 1. The summed E-state index contributed by atoms with van der Waals surface area (Å²) < 4.78 is 5.72. The smallest absolute Gasteiger partial charge is 0.354 e.